The highest BCUT2D eigenvalue weighted by molar-refractivity contribution is 5.95. The number of aryl methyl sites for hydroxylation is 1. The minimum Gasteiger partial charge on any atom is -0.349 e. The van der Waals surface area contributed by atoms with E-state index >= 15 is 0 Å². The Hall–Kier alpha value is -2.17. The van der Waals surface area contributed by atoms with Gasteiger partial charge in [0, 0.05) is 19.5 Å². The van der Waals surface area contributed by atoms with Gasteiger partial charge in [0.15, 0.2) is 0 Å². The number of carbonyl (C=O) groups is 1. The van der Waals surface area contributed by atoms with Gasteiger partial charge in [-0.2, -0.15) is 5.10 Å². The first kappa shape index (κ1) is 18.6. The number of hydrogen-bond donors (Lipinski definition) is 1. The number of nitrogens with zero attached hydrogens (tertiary/aromatic N) is 2. The van der Waals surface area contributed by atoms with Crippen molar-refractivity contribution in [2.45, 2.75) is 64.3 Å². The number of nitrogens with one attached hydrogen (secondary N) is 1. The Morgan fingerprint density at radius 2 is 2.04 bits per heavy atom. The van der Waals surface area contributed by atoms with E-state index in [0.29, 0.717) is 17.9 Å². The first-order chi connectivity index (χ1) is 12.5. The zero-order valence-corrected chi connectivity index (χ0v) is 15.9. The van der Waals surface area contributed by atoms with Crippen LogP contribution in [-0.4, -0.2) is 21.7 Å². The third-order valence-electron chi connectivity index (χ3n) is 5.33. The van der Waals surface area contributed by atoms with Crippen LogP contribution in [-0.2, 0) is 13.5 Å². The topological polar surface area (TPSA) is 46.9 Å². The van der Waals surface area contributed by atoms with E-state index in [0.717, 1.165) is 29.7 Å². The number of benzene rings is 1. The molecule has 0 unspecified atom stereocenters. The van der Waals surface area contributed by atoms with Crippen LogP contribution in [0.3, 0.4) is 0 Å². The summed E-state index contributed by atoms with van der Waals surface area (Å²) in [5, 5.41) is 7.44. The molecule has 1 fully saturated rings. The van der Waals surface area contributed by atoms with Crippen molar-refractivity contribution in [2.24, 2.45) is 7.05 Å². The maximum Gasteiger partial charge on any atom is 0.254 e. The Bertz CT molecular complexity index is 776. The van der Waals surface area contributed by atoms with Crippen molar-refractivity contribution >= 4 is 5.91 Å². The van der Waals surface area contributed by atoms with Gasteiger partial charge in [0.05, 0.1) is 17.5 Å². The number of rotatable bonds is 5. The molecule has 1 amide bonds. The predicted molar refractivity (Wildman–Crippen MR) is 101 cm³/mol. The smallest absolute Gasteiger partial charge is 0.254 e. The zero-order chi connectivity index (χ0) is 18.7. The number of hydrogen-bond acceptors (Lipinski definition) is 2. The van der Waals surface area contributed by atoms with Gasteiger partial charge in [-0.05, 0) is 42.0 Å². The van der Waals surface area contributed by atoms with Crippen molar-refractivity contribution in [2.75, 3.05) is 0 Å². The van der Waals surface area contributed by atoms with Crippen molar-refractivity contribution < 1.29 is 9.18 Å². The average molecular weight is 357 g/mol. The van der Waals surface area contributed by atoms with Crippen molar-refractivity contribution in [1.29, 1.82) is 0 Å². The normalized spacial score (nSPS) is 15.4. The quantitative estimate of drug-likeness (QED) is 0.865. The van der Waals surface area contributed by atoms with Crippen LogP contribution >= 0.6 is 0 Å². The van der Waals surface area contributed by atoms with Crippen molar-refractivity contribution in [3.63, 3.8) is 0 Å². The molecule has 1 aliphatic carbocycles. The molecule has 0 spiro atoms. The summed E-state index contributed by atoms with van der Waals surface area (Å²) < 4.78 is 15.5. The van der Waals surface area contributed by atoms with E-state index in [1.807, 2.05) is 13.1 Å². The summed E-state index contributed by atoms with van der Waals surface area (Å²) in [5.74, 6) is -0.0272. The summed E-state index contributed by atoms with van der Waals surface area (Å²) >= 11 is 0. The van der Waals surface area contributed by atoms with E-state index in [1.54, 1.807) is 16.9 Å². The molecule has 1 heterocycles. The molecule has 140 valence electrons. The van der Waals surface area contributed by atoms with Crippen LogP contribution in [0.2, 0.25) is 0 Å². The standard InChI is InChI=1S/C21H28FN3O/c1-14(2)18-10-9-16(22)11-15(18)12-20-19(13-23-25(20)3)21(26)24-17-7-5-4-6-8-17/h9-11,13-14,17H,4-8,12H2,1-3H3,(H,24,26). The van der Waals surface area contributed by atoms with Gasteiger partial charge in [-0.15, -0.1) is 0 Å². The van der Waals surface area contributed by atoms with Crippen LogP contribution in [0, 0.1) is 5.82 Å². The third-order valence-corrected chi connectivity index (χ3v) is 5.33. The molecule has 0 aliphatic heterocycles. The van der Waals surface area contributed by atoms with Crippen molar-refractivity contribution in [1.82, 2.24) is 15.1 Å². The largest absolute Gasteiger partial charge is 0.349 e. The van der Waals surface area contributed by atoms with Gasteiger partial charge in [0.1, 0.15) is 5.82 Å². The molecule has 3 rings (SSSR count). The lowest BCUT2D eigenvalue weighted by atomic mass is 9.93. The van der Waals surface area contributed by atoms with Crippen LogP contribution in [0.15, 0.2) is 24.4 Å². The van der Waals surface area contributed by atoms with Gasteiger partial charge in [-0.3, -0.25) is 9.48 Å². The lowest BCUT2D eigenvalue weighted by molar-refractivity contribution is 0.0926. The van der Waals surface area contributed by atoms with Gasteiger partial charge in [-0.1, -0.05) is 39.2 Å². The minimum atomic E-state index is -0.250. The van der Waals surface area contributed by atoms with E-state index in [4.69, 9.17) is 0 Å². The van der Waals surface area contributed by atoms with Crippen LogP contribution in [0.4, 0.5) is 4.39 Å². The van der Waals surface area contributed by atoms with E-state index in [-0.39, 0.29) is 17.8 Å². The molecule has 1 aliphatic rings. The molecule has 1 aromatic heterocycles. The lowest BCUT2D eigenvalue weighted by Crippen LogP contribution is -2.36. The number of amides is 1. The molecule has 0 bridgehead atoms. The van der Waals surface area contributed by atoms with Crippen LogP contribution in [0.25, 0.3) is 0 Å². The zero-order valence-electron chi connectivity index (χ0n) is 15.9. The monoisotopic (exact) mass is 357 g/mol. The second kappa shape index (κ2) is 8.02. The number of carbonyl (C=O) groups excluding carboxylic acids is 1. The predicted octanol–water partition coefficient (Wildman–Crippen LogP) is 4.34. The summed E-state index contributed by atoms with van der Waals surface area (Å²) in [6, 6.07) is 5.17. The van der Waals surface area contributed by atoms with Crippen LogP contribution in [0.5, 0.6) is 0 Å². The fourth-order valence-electron chi connectivity index (χ4n) is 3.84. The maximum absolute atomic E-state index is 13.8. The highest BCUT2D eigenvalue weighted by atomic mass is 19.1. The average Bonchev–Trinajstić information content (AvgIpc) is 2.96. The number of halogens is 1. The van der Waals surface area contributed by atoms with Crippen molar-refractivity contribution in [3.05, 3.63) is 52.6 Å². The molecular formula is C21H28FN3O. The highest BCUT2D eigenvalue weighted by Gasteiger charge is 2.22. The molecule has 0 saturated heterocycles. The third kappa shape index (κ3) is 4.14. The Morgan fingerprint density at radius 3 is 2.73 bits per heavy atom. The van der Waals surface area contributed by atoms with E-state index in [9.17, 15) is 9.18 Å². The Kier molecular flexibility index (Phi) is 5.74. The van der Waals surface area contributed by atoms with Gasteiger partial charge < -0.3 is 5.32 Å². The molecular weight excluding hydrogens is 329 g/mol. The minimum absolute atomic E-state index is 0.0671. The van der Waals surface area contributed by atoms with E-state index in [1.165, 1.54) is 25.3 Å². The first-order valence-electron chi connectivity index (χ1n) is 9.55. The molecule has 0 atom stereocenters. The van der Waals surface area contributed by atoms with Crippen LogP contribution < -0.4 is 5.32 Å². The summed E-state index contributed by atoms with van der Waals surface area (Å²) in [6.45, 7) is 4.19. The molecule has 1 N–H and O–H groups in total. The summed E-state index contributed by atoms with van der Waals surface area (Å²) in [6.07, 6.45) is 7.81. The van der Waals surface area contributed by atoms with Crippen LogP contribution in [0.1, 0.15) is 79.0 Å². The van der Waals surface area contributed by atoms with Crippen molar-refractivity contribution in [3.8, 4) is 0 Å². The fourth-order valence-corrected chi connectivity index (χ4v) is 3.84. The Labute approximate surface area is 154 Å². The molecule has 1 saturated carbocycles. The van der Waals surface area contributed by atoms with Gasteiger partial charge in [-0.25, -0.2) is 4.39 Å². The maximum atomic E-state index is 13.8. The highest BCUT2D eigenvalue weighted by Crippen LogP contribution is 2.25. The molecule has 5 heteroatoms. The lowest BCUT2D eigenvalue weighted by Gasteiger charge is -2.22. The second-order valence-corrected chi connectivity index (χ2v) is 7.61. The van der Waals surface area contributed by atoms with Gasteiger partial charge in [0.25, 0.3) is 5.91 Å². The van der Waals surface area contributed by atoms with Gasteiger partial charge in [0.2, 0.25) is 0 Å². The fraction of sp³-hybridized carbons (Fsp3) is 0.524. The second-order valence-electron chi connectivity index (χ2n) is 7.61. The molecule has 2 aromatic rings. The Morgan fingerprint density at radius 1 is 1.31 bits per heavy atom. The SMILES string of the molecule is CC(C)c1ccc(F)cc1Cc1c(C(=O)NC2CCCCC2)cnn1C. The van der Waals surface area contributed by atoms with Gasteiger partial charge >= 0.3 is 0 Å². The van der Waals surface area contributed by atoms with E-state index < -0.39 is 0 Å². The summed E-state index contributed by atoms with van der Waals surface area (Å²) in [7, 11) is 1.83. The summed E-state index contributed by atoms with van der Waals surface area (Å²) in [4.78, 5) is 12.8. The first-order valence-corrected chi connectivity index (χ1v) is 9.55. The molecule has 1 aromatic carbocycles. The summed E-state index contributed by atoms with van der Waals surface area (Å²) in [5.41, 5.74) is 3.43. The Balaban J connectivity index is 1.84. The van der Waals surface area contributed by atoms with E-state index in [2.05, 4.69) is 24.3 Å². The molecule has 0 radical (unpaired) electrons. The molecule has 4 nitrogen and oxygen atoms in total. The molecule has 26 heavy (non-hydrogen) atoms. The number of aromatic nitrogens is 2.